The number of nitrogens with one attached hydrogen (secondary N) is 3. The van der Waals surface area contributed by atoms with Gasteiger partial charge in [-0.05, 0) is 32.3 Å². The summed E-state index contributed by atoms with van der Waals surface area (Å²) in [5.41, 5.74) is 1.02. The zero-order chi connectivity index (χ0) is 13.1. The molecule has 19 heavy (non-hydrogen) atoms. The summed E-state index contributed by atoms with van der Waals surface area (Å²) in [5, 5.41) is 13.6. The van der Waals surface area contributed by atoms with E-state index >= 15 is 0 Å². The fraction of sp³-hybridized carbons (Fsp3) is 0.692. The Bertz CT molecular complexity index is 430. The Hall–Kier alpha value is -1.56. The van der Waals surface area contributed by atoms with Crippen molar-refractivity contribution in [3.8, 4) is 0 Å². The average molecular weight is 263 g/mol. The maximum absolute atomic E-state index is 5.85. The summed E-state index contributed by atoms with van der Waals surface area (Å²) < 4.78 is 5.85. The van der Waals surface area contributed by atoms with Crippen molar-refractivity contribution >= 4 is 5.96 Å². The molecule has 3 heterocycles. The number of aromatic amines is 1. The van der Waals surface area contributed by atoms with Crippen LogP contribution in [0.25, 0.3) is 0 Å². The van der Waals surface area contributed by atoms with E-state index in [0.29, 0.717) is 24.8 Å². The quantitative estimate of drug-likeness (QED) is 0.554. The molecule has 0 amide bonds. The van der Waals surface area contributed by atoms with E-state index in [4.69, 9.17) is 4.74 Å². The van der Waals surface area contributed by atoms with Crippen molar-refractivity contribution in [3.05, 3.63) is 18.0 Å². The first-order valence-electron chi connectivity index (χ1n) is 7.03. The number of guanidine groups is 1. The lowest BCUT2D eigenvalue weighted by molar-refractivity contribution is 0.0992. The number of rotatable bonds is 4. The van der Waals surface area contributed by atoms with Crippen LogP contribution in [0.3, 0.4) is 0 Å². The van der Waals surface area contributed by atoms with Gasteiger partial charge in [0, 0.05) is 12.7 Å². The van der Waals surface area contributed by atoms with Crippen LogP contribution in [0.4, 0.5) is 0 Å². The van der Waals surface area contributed by atoms with Crippen LogP contribution in [-0.2, 0) is 11.3 Å². The van der Waals surface area contributed by atoms with E-state index in [0.717, 1.165) is 24.6 Å². The van der Waals surface area contributed by atoms with Crippen molar-refractivity contribution in [2.45, 2.75) is 51.0 Å². The van der Waals surface area contributed by atoms with Crippen LogP contribution in [-0.4, -0.2) is 41.0 Å². The van der Waals surface area contributed by atoms with Gasteiger partial charge in [0.25, 0.3) is 0 Å². The van der Waals surface area contributed by atoms with Gasteiger partial charge in [-0.3, -0.25) is 5.10 Å². The van der Waals surface area contributed by atoms with E-state index in [1.165, 1.54) is 12.8 Å². The Labute approximate surface area is 113 Å². The lowest BCUT2D eigenvalue weighted by Crippen LogP contribution is -2.47. The molecule has 1 aromatic heterocycles. The molecular formula is C13H21N5O. The third-order valence-electron chi connectivity index (χ3n) is 3.74. The molecule has 0 saturated carbocycles. The number of aromatic nitrogens is 2. The van der Waals surface area contributed by atoms with Crippen molar-refractivity contribution in [2.24, 2.45) is 4.99 Å². The van der Waals surface area contributed by atoms with Gasteiger partial charge in [0.2, 0.25) is 0 Å². The third-order valence-corrected chi connectivity index (χ3v) is 3.74. The Morgan fingerprint density at radius 2 is 2.53 bits per heavy atom. The van der Waals surface area contributed by atoms with Gasteiger partial charge in [-0.15, -0.1) is 0 Å². The van der Waals surface area contributed by atoms with Crippen LogP contribution in [0, 0.1) is 0 Å². The first-order chi connectivity index (χ1) is 9.35. The van der Waals surface area contributed by atoms with Gasteiger partial charge >= 0.3 is 0 Å². The van der Waals surface area contributed by atoms with Gasteiger partial charge in [0.15, 0.2) is 5.96 Å². The number of H-pyrrole nitrogens is 1. The maximum Gasteiger partial charge on any atom is 0.191 e. The Balaban J connectivity index is 1.59. The van der Waals surface area contributed by atoms with Gasteiger partial charge in [-0.2, -0.15) is 5.10 Å². The largest absolute Gasteiger partial charge is 0.373 e. The molecule has 0 spiro atoms. The van der Waals surface area contributed by atoms with E-state index in [1.54, 1.807) is 6.20 Å². The second-order valence-corrected chi connectivity index (χ2v) is 5.14. The van der Waals surface area contributed by atoms with Crippen LogP contribution in [0.5, 0.6) is 0 Å². The molecule has 3 rings (SSSR count). The topological polar surface area (TPSA) is 74.3 Å². The Morgan fingerprint density at radius 3 is 3.16 bits per heavy atom. The zero-order valence-electron chi connectivity index (χ0n) is 11.2. The molecule has 3 N–H and O–H groups in total. The molecule has 0 radical (unpaired) electrons. The van der Waals surface area contributed by atoms with Crippen LogP contribution in [0.1, 0.15) is 31.9 Å². The Morgan fingerprint density at radius 1 is 1.58 bits per heavy atom. The first kappa shape index (κ1) is 12.5. The monoisotopic (exact) mass is 263 g/mol. The minimum absolute atomic E-state index is 0.362. The minimum Gasteiger partial charge on any atom is -0.373 e. The van der Waals surface area contributed by atoms with E-state index in [2.05, 4.69) is 32.7 Å². The smallest absolute Gasteiger partial charge is 0.191 e. The zero-order valence-corrected chi connectivity index (χ0v) is 11.2. The predicted molar refractivity (Wildman–Crippen MR) is 72.8 cm³/mol. The predicted octanol–water partition coefficient (Wildman–Crippen LogP) is 0.785. The number of nitrogens with zero attached hydrogens (tertiary/aromatic N) is 2. The van der Waals surface area contributed by atoms with Gasteiger partial charge in [0.05, 0.1) is 30.5 Å². The highest BCUT2D eigenvalue weighted by Crippen LogP contribution is 2.34. The van der Waals surface area contributed by atoms with Gasteiger partial charge in [-0.1, -0.05) is 0 Å². The van der Waals surface area contributed by atoms with Crippen LogP contribution < -0.4 is 10.6 Å². The second-order valence-electron chi connectivity index (χ2n) is 5.14. The maximum atomic E-state index is 5.85. The van der Waals surface area contributed by atoms with Gasteiger partial charge in [-0.25, -0.2) is 4.99 Å². The fourth-order valence-electron chi connectivity index (χ4n) is 2.82. The lowest BCUT2D eigenvalue weighted by Gasteiger charge is -2.22. The molecule has 3 atom stereocenters. The van der Waals surface area contributed by atoms with Crippen LogP contribution in [0.2, 0.25) is 0 Å². The van der Waals surface area contributed by atoms with Crippen LogP contribution >= 0.6 is 0 Å². The van der Waals surface area contributed by atoms with Crippen LogP contribution in [0.15, 0.2) is 17.3 Å². The molecule has 6 heteroatoms. The summed E-state index contributed by atoms with van der Waals surface area (Å²) in [6.45, 7) is 3.54. The number of fused-ring (bicyclic) bond motifs is 2. The molecule has 0 aromatic carbocycles. The van der Waals surface area contributed by atoms with Crippen molar-refractivity contribution in [1.29, 1.82) is 0 Å². The van der Waals surface area contributed by atoms with Gasteiger partial charge in [0.1, 0.15) is 0 Å². The molecule has 6 nitrogen and oxygen atoms in total. The van der Waals surface area contributed by atoms with E-state index in [1.807, 2.05) is 6.07 Å². The van der Waals surface area contributed by atoms with E-state index < -0.39 is 0 Å². The number of aliphatic imine (C=N–C) groups is 1. The summed E-state index contributed by atoms with van der Waals surface area (Å²) >= 11 is 0. The summed E-state index contributed by atoms with van der Waals surface area (Å²) in [5.74, 6) is 0.859. The summed E-state index contributed by atoms with van der Waals surface area (Å²) in [7, 11) is 0. The molecular weight excluding hydrogens is 242 g/mol. The molecule has 0 aliphatic carbocycles. The summed E-state index contributed by atoms with van der Waals surface area (Å²) in [6, 6.07) is 2.34. The van der Waals surface area contributed by atoms with Crippen molar-refractivity contribution in [2.75, 3.05) is 6.54 Å². The third kappa shape index (κ3) is 2.89. The molecule has 2 aliphatic rings. The molecule has 3 unspecified atom stereocenters. The molecule has 2 fully saturated rings. The van der Waals surface area contributed by atoms with Gasteiger partial charge < -0.3 is 15.4 Å². The first-order valence-corrected chi connectivity index (χ1v) is 7.03. The summed E-state index contributed by atoms with van der Waals surface area (Å²) in [6.07, 6.45) is 6.04. The summed E-state index contributed by atoms with van der Waals surface area (Å²) in [4.78, 5) is 4.57. The molecule has 2 bridgehead atoms. The number of hydrogen-bond donors (Lipinski definition) is 3. The molecule has 104 valence electrons. The van der Waals surface area contributed by atoms with E-state index in [9.17, 15) is 0 Å². The minimum atomic E-state index is 0.362. The highest BCUT2D eigenvalue weighted by Gasteiger charge is 2.41. The molecule has 2 aliphatic heterocycles. The average Bonchev–Trinajstić information content (AvgIpc) is 3.13. The number of ether oxygens (including phenoxy) is 1. The van der Waals surface area contributed by atoms with Crippen molar-refractivity contribution in [3.63, 3.8) is 0 Å². The van der Waals surface area contributed by atoms with Crippen molar-refractivity contribution < 1.29 is 4.74 Å². The van der Waals surface area contributed by atoms with E-state index in [-0.39, 0.29) is 0 Å². The second kappa shape index (κ2) is 5.61. The fourth-order valence-corrected chi connectivity index (χ4v) is 2.82. The molecule has 1 aromatic rings. The number of hydrogen-bond acceptors (Lipinski definition) is 3. The standard InChI is InChI=1S/C13H21N5O/c1-2-14-13(15-8-9-5-6-16-18-9)17-11-7-10-3-4-12(11)19-10/h5-6,10-12H,2-4,7-8H2,1H3,(H,16,18)(H2,14,15,17). The highest BCUT2D eigenvalue weighted by molar-refractivity contribution is 5.80. The highest BCUT2D eigenvalue weighted by atomic mass is 16.5. The van der Waals surface area contributed by atoms with Crippen molar-refractivity contribution in [1.82, 2.24) is 20.8 Å². The lowest BCUT2D eigenvalue weighted by atomic mass is 9.96. The molecule has 2 saturated heterocycles. The SMILES string of the molecule is CCNC(=NCc1ccn[nH]1)NC1CC2CCC1O2. The Kier molecular flexibility index (Phi) is 3.68. The normalized spacial score (nSPS) is 29.7.